The normalized spacial score (nSPS) is 24.0. The van der Waals surface area contributed by atoms with Crippen LogP contribution >= 0.6 is 0 Å². The number of morpholine rings is 1. The number of rotatable bonds is 14. The molecule has 5 aromatic rings. The molecule has 9 rings (SSSR count). The minimum atomic E-state index is -2.80. The Balaban J connectivity index is 0.732. The zero-order chi connectivity index (χ0) is 44.6. The number of nitrogens with zero attached hydrogens (tertiary/aromatic N) is 9. The number of imide groups is 1. The minimum Gasteiger partial charge on any atom is -0.378 e. The van der Waals surface area contributed by atoms with Crippen molar-refractivity contribution in [2.45, 2.75) is 121 Å². The highest BCUT2D eigenvalue weighted by molar-refractivity contribution is 6.02. The first-order valence-corrected chi connectivity index (χ1v) is 22.9. The molecule has 1 saturated carbocycles. The van der Waals surface area contributed by atoms with Crippen molar-refractivity contribution >= 4 is 40.1 Å². The first-order chi connectivity index (χ1) is 30.9. The lowest BCUT2D eigenvalue weighted by atomic mass is 9.85. The number of para-hydroxylation sites is 1. The number of Topliss-reactive ketones (excluding diaryl/α,β-unsaturated/α-hetero) is 1. The van der Waals surface area contributed by atoms with E-state index in [0.29, 0.717) is 54.6 Å². The second-order valence-electron chi connectivity index (χ2n) is 18.3. The van der Waals surface area contributed by atoms with E-state index in [4.69, 9.17) is 14.5 Å². The Bertz CT molecular complexity index is 2560. The molecule has 342 valence electrons. The van der Waals surface area contributed by atoms with Gasteiger partial charge in [-0.2, -0.15) is 10.2 Å². The van der Waals surface area contributed by atoms with E-state index in [-0.39, 0.29) is 65.8 Å². The first-order valence-electron chi connectivity index (χ1n) is 22.9. The molecule has 3 aliphatic heterocycles. The maximum absolute atomic E-state index is 14.4. The predicted octanol–water partition coefficient (Wildman–Crippen LogP) is 5.38. The molecule has 4 fully saturated rings. The maximum Gasteiger partial charge on any atom is 0.329 e. The second kappa shape index (κ2) is 18.6. The van der Waals surface area contributed by atoms with Gasteiger partial charge in [0, 0.05) is 77.2 Å². The largest absolute Gasteiger partial charge is 0.378 e. The number of aromatic nitrogens is 7. The molecule has 4 aliphatic rings. The number of hydrogen-bond acceptors (Lipinski definition) is 11. The fourth-order valence-electron chi connectivity index (χ4n) is 10.5. The molecule has 1 aliphatic carbocycles. The van der Waals surface area contributed by atoms with Crippen molar-refractivity contribution in [1.82, 2.24) is 43.7 Å². The lowest BCUT2D eigenvalue weighted by Crippen LogP contribution is -2.45. The Morgan fingerprint density at radius 3 is 2.48 bits per heavy atom. The quantitative estimate of drug-likeness (QED) is 0.0866. The molecule has 3 atom stereocenters. The van der Waals surface area contributed by atoms with Crippen molar-refractivity contribution in [2.75, 3.05) is 44.2 Å². The lowest BCUT2D eigenvalue weighted by molar-refractivity contribution is -0.135. The monoisotopic (exact) mass is 884 g/mol. The SMILES string of the molecule is C[C@@H]1CN(c2ccn3ncc(C(=O)Cc4cn(C5CCC(CN6CCC(OCCCc7cccc8c7n(C)c(=O)n8C7CCC(=O)NC7=O)CC6)CC5)nc4C(F)F)c3n2)C[C@@H](C)O1. The summed E-state index contributed by atoms with van der Waals surface area (Å²) in [4.78, 5) is 60.8. The van der Waals surface area contributed by atoms with Crippen molar-refractivity contribution in [3.8, 4) is 0 Å². The van der Waals surface area contributed by atoms with Gasteiger partial charge in [-0.05, 0) is 95.2 Å². The Hall–Kier alpha value is -5.33. The summed E-state index contributed by atoms with van der Waals surface area (Å²) in [6.45, 7) is 8.90. The number of hydrogen-bond donors (Lipinski definition) is 1. The van der Waals surface area contributed by atoms with Crippen molar-refractivity contribution < 1.29 is 32.6 Å². The van der Waals surface area contributed by atoms with E-state index in [1.165, 1.54) is 10.8 Å². The Morgan fingerprint density at radius 1 is 0.984 bits per heavy atom. The zero-order valence-electron chi connectivity index (χ0n) is 36.8. The Morgan fingerprint density at radius 2 is 1.75 bits per heavy atom. The summed E-state index contributed by atoms with van der Waals surface area (Å²) in [5, 5.41) is 11.1. The van der Waals surface area contributed by atoms with E-state index in [9.17, 15) is 28.0 Å². The summed E-state index contributed by atoms with van der Waals surface area (Å²) in [7, 11) is 1.73. The predicted molar refractivity (Wildman–Crippen MR) is 234 cm³/mol. The van der Waals surface area contributed by atoms with E-state index in [0.717, 1.165) is 82.1 Å². The van der Waals surface area contributed by atoms with Crippen LogP contribution in [-0.4, -0.2) is 114 Å². The Kier molecular flexibility index (Phi) is 12.8. The summed E-state index contributed by atoms with van der Waals surface area (Å²) in [5.74, 6) is 0.150. The molecule has 0 bridgehead atoms. The summed E-state index contributed by atoms with van der Waals surface area (Å²) < 4.78 is 47.3. The van der Waals surface area contributed by atoms with Crippen molar-refractivity contribution in [3.63, 3.8) is 0 Å². The number of ketones is 1. The number of nitrogens with one attached hydrogen (secondary N) is 1. The van der Waals surface area contributed by atoms with Gasteiger partial charge >= 0.3 is 5.69 Å². The number of alkyl halides is 2. The third-order valence-corrected chi connectivity index (χ3v) is 13.7. The van der Waals surface area contributed by atoms with Gasteiger partial charge in [0.2, 0.25) is 11.8 Å². The van der Waals surface area contributed by atoms with Crippen LogP contribution in [0.25, 0.3) is 16.7 Å². The number of likely N-dealkylation sites (tertiary alicyclic amines) is 1. The highest BCUT2D eigenvalue weighted by Crippen LogP contribution is 2.35. The topological polar surface area (TPSA) is 163 Å². The van der Waals surface area contributed by atoms with Crippen molar-refractivity contribution in [3.05, 3.63) is 75.7 Å². The number of fused-ring (bicyclic) bond motifs is 2. The number of halogens is 2. The number of anilines is 1. The van der Waals surface area contributed by atoms with E-state index in [2.05, 4.69) is 25.3 Å². The van der Waals surface area contributed by atoms with Crippen LogP contribution in [0.1, 0.15) is 117 Å². The molecule has 18 heteroatoms. The van der Waals surface area contributed by atoms with Crippen LogP contribution in [0, 0.1) is 5.92 Å². The molecule has 3 saturated heterocycles. The van der Waals surface area contributed by atoms with Gasteiger partial charge in [0.1, 0.15) is 17.6 Å². The summed E-state index contributed by atoms with van der Waals surface area (Å²) in [6, 6.07) is 6.94. The van der Waals surface area contributed by atoms with Gasteiger partial charge in [0.15, 0.2) is 11.4 Å². The van der Waals surface area contributed by atoms with Crippen LogP contribution in [0.2, 0.25) is 0 Å². The first kappa shape index (κ1) is 43.9. The summed E-state index contributed by atoms with van der Waals surface area (Å²) >= 11 is 0. The summed E-state index contributed by atoms with van der Waals surface area (Å²) in [5.41, 5.74) is 2.85. The van der Waals surface area contributed by atoms with Gasteiger partial charge in [-0.1, -0.05) is 12.1 Å². The number of carbonyl (C=O) groups is 3. The standard InChI is InChI=1S/C46H58F2N10O6/c1-28-24-55(25-29(2)64-28)39-17-20-56-44(50-39)35(23-49-56)38(59)22-32-27-57(52-41(32)43(47)48)33-11-9-30(10-12-33)26-54-18-15-34(16-19-54)63-21-5-7-31-6-4-8-36-42(31)53(3)46(62)58(36)37-13-14-40(60)51-45(37)61/h4,6,8,17,20,23,27-30,33-34,37,43H,5,7,9-16,18-19,21-22,24-26H2,1-3H3,(H,51,60,61)/t28-,29-,30?,33?,37?/m1/s1. The third-order valence-electron chi connectivity index (χ3n) is 13.7. The van der Waals surface area contributed by atoms with Crippen LogP contribution in [0.3, 0.4) is 0 Å². The van der Waals surface area contributed by atoms with Gasteiger partial charge in [-0.25, -0.2) is 23.1 Å². The lowest BCUT2D eigenvalue weighted by Gasteiger charge is -2.36. The van der Waals surface area contributed by atoms with Gasteiger partial charge in [-0.3, -0.25) is 33.5 Å². The van der Waals surface area contributed by atoms with Gasteiger partial charge in [0.05, 0.1) is 47.1 Å². The van der Waals surface area contributed by atoms with E-state index < -0.39 is 18.4 Å². The van der Waals surface area contributed by atoms with Gasteiger partial charge in [0.25, 0.3) is 6.43 Å². The van der Waals surface area contributed by atoms with Gasteiger partial charge in [-0.15, -0.1) is 0 Å². The van der Waals surface area contributed by atoms with Crippen molar-refractivity contribution in [2.24, 2.45) is 13.0 Å². The molecular formula is C46H58F2N10O6. The zero-order valence-corrected chi connectivity index (χ0v) is 36.8. The molecule has 1 N–H and O–H groups in total. The van der Waals surface area contributed by atoms with E-state index in [1.807, 2.05) is 38.1 Å². The van der Waals surface area contributed by atoms with Crippen LogP contribution in [0.15, 0.2) is 47.7 Å². The van der Waals surface area contributed by atoms with E-state index >= 15 is 0 Å². The molecule has 1 unspecified atom stereocenters. The number of carbonyl (C=O) groups excluding carboxylic acids is 3. The molecular weight excluding hydrogens is 827 g/mol. The Labute approximate surface area is 369 Å². The number of amides is 2. The minimum absolute atomic E-state index is 0.00153. The number of ether oxygens (including phenoxy) is 2. The van der Waals surface area contributed by atoms with Crippen LogP contribution < -0.4 is 15.9 Å². The van der Waals surface area contributed by atoms with Crippen molar-refractivity contribution in [1.29, 1.82) is 0 Å². The number of benzene rings is 1. The van der Waals surface area contributed by atoms with Crippen LogP contribution in [0.4, 0.5) is 14.6 Å². The third kappa shape index (κ3) is 9.13. The molecule has 2 amide bonds. The van der Waals surface area contributed by atoms with E-state index in [1.54, 1.807) is 33.2 Å². The van der Waals surface area contributed by atoms with Crippen LogP contribution in [-0.2, 0) is 39.0 Å². The highest BCUT2D eigenvalue weighted by Gasteiger charge is 2.33. The molecule has 7 heterocycles. The highest BCUT2D eigenvalue weighted by atomic mass is 19.3. The molecule has 0 radical (unpaired) electrons. The maximum atomic E-state index is 14.4. The fraction of sp³-hybridized carbons (Fsp3) is 0.587. The fourth-order valence-corrected chi connectivity index (χ4v) is 10.5. The average molecular weight is 885 g/mol. The molecule has 64 heavy (non-hydrogen) atoms. The molecule has 0 spiro atoms. The molecule has 4 aromatic heterocycles. The molecule has 1 aromatic carbocycles. The van der Waals surface area contributed by atoms with Crippen LogP contribution in [0.5, 0.6) is 0 Å². The second-order valence-corrected chi connectivity index (χ2v) is 18.3. The number of aryl methyl sites for hydroxylation is 2. The molecule has 16 nitrogen and oxygen atoms in total. The summed E-state index contributed by atoms with van der Waals surface area (Å²) in [6.07, 6.45) is 9.70. The smallest absolute Gasteiger partial charge is 0.329 e. The average Bonchev–Trinajstić information content (AvgIpc) is 3.97. The van der Waals surface area contributed by atoms with Gasteiger partial charge < -0.3 is 19.3 Å². The number of piperidine rings is 2. The number of imidazole rings is 1.